The van der Waals surface area contributed by atoms with Crippen molar-refractivity contribution in [3.05, 3.63) is 0 Å². The Morgan fingerprint density at radius 2 is 0.789 bits per heavy atom. The normalized spacial score (nSPS) is 46.4. The SMILES string of the molecule is C[C@H]1CCCC[C@H](C)P1CCP1[C@@H](C)CCC(C2CC[C@H](C)P(CCP3[C@@H](C)CCC[C@@H]3C)[C@H]2C)C[C@@H]1C. The van der Waals surface area contributed by atoms with Crippen LogP contribution in [-0.2, 0) is 0 Å². The fourth-order valence-electron chi connectivity index (χ4n) is 9.58. The molecular formula is C34H66P4. The first kappa shape index (κ1) is 32.6. The molecule has 0 nitrogen and oxygen atoms in total. The van der Waals surface area contributed by atoms with E-state index in [0.29, 0.717) is 7.92 Å². The van der Waals surface area contributed by atoms with E-state index in [1.165, 1.54) is 44.9 Å². The lowest BCUT2D eigenvalue weighted by molar-refractivity contribution is 0.260. The lowest BCUT2D eigenvalue weighted by atomic mass is 9.79. The Morgan fingerprint density at radius 3 is 1.34 bits per heavy atom. The smallest absolute Gasteiger partial charge is 0.0204 e. The van der Waals surface area contributed by atoms with Crippen molar-refractivity contribution in [2.75, 3.05) is 24.6 Å². The molecule has 4 aliphatic rings. The topological polar surface area (TPSA) is 0 Å². The first-order valence-corrected chi connectivity index (χ1v) is 23.9. The Balaban J connectivity index is 1.34. The van der Waals surface area contributed by atoms with Gasteiger partial charge in [-0.3, -0.25) is 0 Å². The van der Waals surface area contributed by atoms with Crippen LogP contribution in [0.25, 0.3) is 0 Å². The van der Waals surface area contributed by atoms with Gasteiger partial charge in [-0.15, -0.1) is 31.7 Å². The van der Waals surface area contributed by atoms with Gasteiger partial charge in [0.05, 0.1) is 0 Å². The summed E-state index contributed by atoms with van der Waals surface area (Å²) in [6.07, 6.45) is 25.0. The maximum Gasteiger partial charge on any atom is -0.0204 e. The van der Waals surface area contributed by atoms with Gasteiger partial charge in [0.15, 0.2) is 0 Å². The molecule has 4 rings (SSSR count). The molecule has 0 bridgehead atoms. The molecule has 0 aromatic rings. The fraction of sp³-hybridized carbons (Fsp3) is 1.00. The van der Waals surface area contributed by atoms with E-state index in [1.807, 2.05) is 0 Å². The van der Waals surface area contributed by atoms with Crippen LogP contribution < -0.4 is 0 Å². The Kier molecular flexibility index (Phi) is 13.3. The maximum absolute atomic E-state index is 2.76. The molecule has 0 saturated carbocycles. The minimum absolute atomic E-state index is 0.224. The highest BCUT2D eigenvalue weighted by Gasteiger charge is 2.41. The van der Waals surface area contributed by atoms with Crippen molar-refractivity contribution in [1.29, 1.82) is 0 Å². The van der Waals surface area contributed by atoms with Gasteiger partial charge in [-0.05, 0) is 140 Å². The Labute approximate surface area is 245 Å². The van der Waals surface area contributed by atoms with Gasteiger partial charge < -0.3 is 0 Å². The second kappa shape index (κ2) is 15.4. The molecule has 38 heavy (non-hydrogen) atoms. The monoisotopic (exact) mass is 598 g/mol. The molecule has 4 saturated heterocycles. The molecule has 0 spiro atoms. The standard InChI is InChI=1S/C34H66P4/c1-25-12-9-10-13-26(2)35(25)20-21-37-29(5)16-18-33(24-31(37)7)34-19-17-30(6)38(32(34)8)23-22-36-27(3)14-11-15-28(36)4/h25-34H,9-24H2,1-8H3/t25-,26-,27-,28-,29-,30-,31-,32-,33?,34?,37?,38?/m0/s1. The fourth-order valence-corrected chi connectivity index (χ4v) is 24.6. The average Bonchev–Trinajstić information content (AvgIpc) is 3.12. The Hall–Kier alpha value is 1.72. The van der Waals surface area contributed by atoms with Crippen LogP contribution >= 0.6 is 31.7 Å². The van der Waals surface area contributed by atoms with Crippen molar-refractivity contribution in [2.45, 2.75) is 178 Å². The number of hydrogen-bond donors (Lipinski definition) is 0. The first-order valence-electron chi connectivity index (χ1n) is 17.2. The average molecular weight is 599 g/mol. The molecule has 12 atom stereocenters. The van der Waals surface area contributed by atoms with Crippen LogP contribution in [0, 0.1) is 11.8 Å². The van der Waals surface area contributed by atoms with Crippen molar-refractivity contribution < 1.29 is 0 Å². The second-order valence-corrected chi connectivity index (χ2v) is 27.6. The lowest BCUT2D eigenvalue weighted by Crippen LogP contribution is -2.34. The van der Waals surface area contributed by atoms with Crippen molar-refractivity contribution >= 4 is 31.7 Å². The van der Waals surface area contributed by atoms with Crippen LogP contribution in [0.1, 0.15) is 132 Å². The third-order valence-corrected chi connectivity index (χ3v) is 27.0. The molecule has 4 fully saturated rings. The first-order chi connectivity index (χ1) is 18.2. The highest BCUT2D eigenvalue weighted by molar-refractivity contribution is 7.63. The summed E-state index contributed by atoms with van der Waals surface area (Å²) in [5, 5.41) is 0. The van der Waals surface area contributed by atoms with E-state index in [2.05, 4.69) is 55.4 Å². The van der Waals surface area contributed by atoms with Gasteiger partial charge in [0.25, 0.3) is 0 Å². The van der Waals surface area contributed by atoms with Crippen LogP contribution in [0.3, 0.4) is 0 Å². The van der Waals surface area contributed by atoms with Gasteiger partial charge in [0, 0.05) is 0 Å². The zero-order valence-corrected chi connectivity index (χ0v) is 30.5. The third-order valence-electron chi connectivity index (χ3n) is 12.2. The van der Waals surface area contributed by atoms with Gasteiger partial charge in [-0.2, -0.15) is 0 Å². The molecule has 4 heteroatoms. The summed E-state index contributed by atoms with van der Waals surface area (Å²) in [7, 11) is 1.02. The van der Waals surface area contributed by atoms with E-state index in [0.717, 1.165) is 57.1 Å². The van der Waals surface area contributed by atoms with Gasteiger partial charge in [-0.1, -0.05) is 74.7 Å². The largest absolute Gasteiger partial charge is 0.101 e. The number of rotatable bonds is 7. The quantitative estimate of drug-likeness (QED) is 0.256. The van der Waals surface area contributed by atoms with Crippen molar-refractivity contribution in [3.8, 4) is 0 Å². The minimum Gasteiger partial charge on any atom is -0.101 e. The van der Waals surface area contributed by atoms with E-state index in [9.17, 15) is 0 Å². The molecule has 0 amide bonds. The molecular weight excluding hydrogens is 532 g/mol. The Morgan fingerprint density at radius 1 is 0.395 bits per heavy atom. The summed E-state index contributed by atoms with van der Waals surface area (Å²) in [5.41, 5.74) is 8.27. The van der Waals surface area contributed by atoms with Gasteiger partial charge >= 0.3 is 0 Å². The third kappa shape index (κ3) is 8.21. The van der Waals surface area contributed by atoms with Gasteiger partial charge in [0.2, 0.25) is 0 Å². The maximum atomic E-state index is 2.76. The molecule has 0 aromatic heterocycles. The van der Waals surface area contributed by atoms with Gasteiger partial charge in [-0.25, -0.2) is 0 Å². The lowest BCUT2D eigenvalue weighted by Gasteiger charge is -2.46. The molecule has 0 aliphatic carbocycles. The predicted octanol–water partition coefficient (Wildman–Crippen LogP) is 12.0. The zero-order chi connectivity index (χ0) is 27.4. The van der Waals surface area contributed by atoms with Gasteiger partial charge in [0.1, 0.15) is 0 Å². The van der Waals surface area contributed by atoms with Crippen LogP contribution in [0.2, 0.25) is 0 Å². The summed E-state index contributed by atoms with van der Waals surface area (Å²) >= 11 is 0. The molecule has 0 aromatic carbocycles. The second-order valence-electron chi connectivity index (χ2n) is 14.7. The summed E-state index contributed by atoms with van der Waals surface area (Å²) in [6.45, 7) is 21.3. The van der Waals surface area contributed by atoms with Crippen molar-refractivity contribution in [2.24, 2.45) is 11.8 Å². The molecule has 4 aliphatic heterocycles. The van der Waals surface area contributed by atoms with E-state index < -0.39 is 0 Å². The van der Waals surface area contributed by atoms with Crippen LogP contribution in [0.15, 0.2) is 0 Å². The van der Waals surface area contributed by atoms with E-state index in [-0.39, 0.29) is 23.8 Å². The molecule has 4 heterocycles. The molecule has 0 radical (unpaired) electrons. The Bertz CT molecular complexity index is 676. The highest BCUT2D eigenvalue weighted by Crippen LogP contribution is 2.63. The predicted molar refractivity (Wildman–Crippen MR) is 185 cm³/mol. The summed E-state index contributed by atoms with van der Waals surface area (Å²) in [6, 6.07) is 0. The molecule has 222 valence electrons. The summed E-state index contributed by atoms with van der Waals surface area (Å²) in [4.78, 5) is 0. The zero-order valence-electron chi connectivity index (χ0n) is 26.9. The minimum atomic E-state index is 0.224. The highest BCUT2D eigenvalue weighted by atomic mass is 31.1. The van der Waals surface area contributed by atoms with E-state index >= 15 is 0 Å². The summed E-state index contributed by atoms with van der Waals surface area (Å²) < 4.78 is 0. The van der Waals surface area contributed by atoms with Crippen LogP contribution in [-0.4, -0.2) is 69.9 Å². The van der Waals surface area contributed by atoms with Crippen LogP contribution in [0.4, 0.5) is 0 Å². The van der Waals surface area contributed by atoms with E-state index in [4.69, 9.17) is 0 Å². The van der Waals surface area contributed by atoms with E-state index in [1.54, 1.807) is 56.8 Å². The molecule has 4 unspecified atom stereocenters. The summed E-state index contributed by atoms with van der Waals surface area (Å²) in [5.74, 6) is 2.11. The van der Waals surface area contributed by atoms with Crippen LogP contribution in [0.5, 0.6) is 0 Å². The van der Waals surface area contributed by atoms with Crippen molar-refractivity contribution in [1.82, 2.24) is 0 Å². The molecule has 0 N–H and O–H groups in total. The van der Waals surface area contributed by atoms with Crippen molar-refractivity contribution in [3.63, 3.8) is 0 Å². The number of hydrogen-bond acceptors (Lipinski definition) is 0.